The number of carboxylic acids is 1. The molecule has 0 rings (SSSR count). The van der Waals surface area contributed by atoms with E-state index in [1.165, 1.54) is 0 Å². The van der Waals surface area contributed by atoms with Gasteiger partial charge in [-0.2, -0.15) is 0 Å². The Hall–Kier alpha value is -0.610. The lowest BCUT2D eigenvalue weighted by Gasteiger charge is -2.17. The molecule has 0 heterocycles. The van der Waals surface area contributed by atoms with Crippen molar-refractivity contribution in [3.63, 3.8) is 0 Å². The largest absolute Gasteiger partial charge is 0.480 e. The summed E-state index contributed by atoms with van der Waals surface area (Å²) in [5.41, 5.74) is 0. The highest BCUT2D eigenvalue weighted by atomic mass is 16.5. The van der Waals surface area contributed by atoms with E-state index >= 15 is 0 Å². The van der Waals surface area contributed by atoms with Gasteiger partial charge in [-0.1, -0.05) is 27.2 Å². The summed E-state index contributed by atoms with van der Waals surface area (Å²) < 4.78 is 5.33. The van der Waals surface area contributed by atoms with Crippen molar-refractivity contribution in [2.45, 2.75) is 39.7 Å². The molecule has 0 amide bonds. The molecule has 0 fully saturated rings. The van der Waals surface area contributed by atoms with Gasteiger partial charge in [0.05, 0.1) is 6.61 Å². The second-order valence-corrected chi connectivity index (χ2v) is 3.98. The van der Waals surface area contributed by atoms with Gasteiger partial charge in [-0.05, 0) is 12.3 Å². The molecule has 0 aromatic rings. The molecule has 0 aliphatic rings. The number of aliphatic carboxylic acids is 1. The summed E-state index contributed by atoms with van der Waals surface area (Å²) in [4.78, 5) is 10.8. The van der Waals surface area contributed by atoms with E-state index in [4.69, 9.17) is 9.84 Å². The summed E-state index contributed by atoms with van der Waals surface area (Å²) in [5, 5.41) is 11.9. The maximum Gasteiger partial charge on any atom is 0.320 e. The average Bonchev–Trinajstić information content (AvgIpc) is 2.15. The van der Waals surface area contributed by atoms with Crippen molar-refractivity contribution in [1.82, 2.24) is 5.32 Å². The number of hydrogen-bond donors (Lipinski definition) is 2. The monoisotopic (exact) mass is 217 g/mol. The Morgan fingerprint density at radius 1 is 1.40 bits per heavy atom. The molecule has 0 bridgehead atoms. The number of unbranched alkanes of at least 4 members (excludes halogenated alkanes) is 1. The molecule has 0 aliphatic heterocycles. The van der Waals surface area contributed by atoms with Crippen LogP contribution in [0.2, 0.25) is 0 Å². The van der Waals surface area contributed by atoms with Gasteiger partial charge in [-0.3, -0.25) is 4.79 Å². The first kappa shape index (κ1) is 14.4. The minimum Gasteiger partial charge on any atom is -0.480 e. The molecule has 0 aromatic carbocycles. The van der Waals surface area contributed by atoms with Gasteiger partial charge in [0.2, 0.25) is 0 Å². The van der Waals surface area contributed by atoms with Crippen molar-refractivity contribution < 1.29 is 14.6 Å². The van der Waals surface area contributed by atoms with E-state index in [1.54, 1.807) is 0 Å². The van der Waals surface area contributed by atoms with Gasteiger partial charge < -0.3 is 15.2 Å². The minimum atomic E-state index is -0.793. The van der Waals surface area contributed by atoms with E-state index in [-0.39, 0.29) is 5.92 Å². The third-order valence-corrected chi connectivity index (χ3v) is 2.19. The molecule has 15 heavy (non-hydrogen) atoms. The Morgan fingerprint density at radius 3 is 2.53 bits per heavy atom. The molecule has 0 aliphatic carbocycles. The van der Waals surface area contributed by atoms with Crippen LogP contribution in [0.5, 0.6) is 0 Å². The zero-order valence-electron chi connectivity index (χ0n) is 9.95. The van der Waals surface area contributed by atoms with Crippen LogP contribution in [0.4, 0.5) is 0 Å². The van der Waals surface area contributed by atoms with Crippen LogP contribution in [0.3, 0.4) is 0 Å². The van der Waals surface area contributed by atoms with Crippen molar-refractivity contribution >= 4 is 5.97 Å². The van der Waals surface area contributed by atoms with Crippen LogP contribution in [-0.4, -0.2) is 36.9 Å². The fraction of sp³-hybridized carbons (Fsp3) is 0.909. The lowest BCUT2D eigenvalue weighted by molar-refractivity contribution is -0.140. The second kappa shape index (κ2) is 8.68. The summed E-state index contributed by atoms with van der Waals surface area (Å²) in [6.45, 7) is 7.83. The van der Waals surface area contributed by atoms with Crippen LogP contribution in [0.1, 0.15) is 33.6 Å². The fourth-order valence-electron chi connectivity index (χ4n) is 1.24. The molecular weight excluding hydrogens is 194 g/mol. The highest BCUT2D eigenvalue weighted by Gasteiger charge is 2.19. The standard InChI is InChI=1S/C11H23NO3/c1-4-5-7-15-8-6-12-10(9(2)3)11(13)14/h9-10,12H,4-8H2,1-3H3,(H,13,14). The lowest BCUT2D eigenvalue weighted by Crippen LogP contribution is -2.42. The molecule has 1 atom stereocenters. The molecule has 2 N–H and O–H groups in total. The predicted octanol–water partition coefficient (Wildman–Crippen LogP) is 1.50. The van der Waals surface area contributed by atoms with Crippen molar-refractivity contribution in [2.24, 2.45) is 5.92 Å². The van der Waals surface area contributed by atoms with Crippen LogP contribution in [-0.2, 0) is 9.53 Å². The van der Waals surface area contributed by atoms with Gasteiger partial charge >= 0.3 is 5.97 Å². The average molecular weight is 217 g/mol. The third kappa shape index (κ3) is 7.33. The number of ether oxygens (including phenoxy) is 1. The van der Waals surface area contributed by atoms with E-state index in [0.717, 1.165) is 19.4 Å². The normalized spacial score (nSPS) is 13.1. The van der Waals surface area contributed by atoms with Crippen LogP contribution in [0, 0.1) is 5.92 Å². The number of carbonyl (C=O) groups is 1. The Bertz CT molecular complexity index is 171. The number of carboxylic acid groups (broad SMARTS) is 1. The molecule has 0 aromatic heterocycles. The van der Waals surface area contributed by atoms with Crippen molar-refractivity contribution in [3.8, 4) is 0 Å². The van der Waals surface area contributed by atoms with Gasteiger partial charge in [0.15, 0.2) is 0 Å². The van der Waals surface area contributed by atoms with Crippen molar-refractivity contribution in [2.75, 3.05) is 19.8 Å². The van der Waals surface area contributed by atoms with E-state index in [0.29, 0.717) is 13.2 Å². The SMILES string of the molecule is CCCCOCCNC(C(=O)O)C(C)C. The van der Waals surface area contributed by atoms with Gasteiger partial charge in [0.1, 0.15) is 6.04 Å². The van der Waals surface area contributed by atoms with Gasteiger partial charge in [-0.15, -0.1) is 0 Å². The summed E-state index contributed by atoms with van der Waals surface area (Å²) >= 11 is 0. The predicted molar refractivity (Wildman–Crippen MR) is 60.0 cm³/mol. The molecule has 0 saturated heterocycles. The number of hydrogen-bond acceptors (Lipinski definition) is 3. The lowest BCUT2D eigenvalue weighted by atomic mass is 10.1. The molecule has 4 heteroatoms. The van der Waals surface area contributed by atoms with E-state index in [1.807, 2.05) is 13.8 Å². The van der Waals surface area contributed by atoms with Gasteiger partial charge in [-0.25, -0.2) is 0 Å². The smallest absolute Gasteiger partial charge is 0.320 e. The molecule has 0 saturated carbocycles. The minimum absolute atomic E-state index is 0.0955. The van der Waals surface area contributed by atoms with Gasteiger partial charge in [0, 0.05) is 13.2 Å². The highest BCUT2D eigenvalue weighted by Crippen LogP contribution is 2.00. The maximum atomic E-state index is 10.8. The number of rotatable bonds is 9. The zero-order chi connectivity index (χ0) is 11.7. The van der Waals surface area contributed by atoms with Crippen LogP contribution in [0.25, 0.3) is 0 Å². The van der Waals surface area contributed by atoms with Crippen LogP contribution < -0.4 is 5.32 Å². The first-order valence-corrected chi connectivity index (χ1v) is 5.63. The third-order valence-electron chi connectivity index (χ3n) is 2.19. The summed E-state index contributed by atoms with van der Waals surface area (Å²) in [6.07, 6.45) is 2.18. The maximum absolute atomic E-state index is 10.8. The molecule has 4 nitrogen and oxygen atoms in total. The molecule has 0 spiro atoms. The van der Waals surface area contributed by atoms with E-state index in [9.17, 15) is 4.79 Å². The summed E-state index contributed by atoms with van der Waals surface area (Å²) in [7, 11) is 0. The number of nitrogens with one attached hydrogen (secondary N) is 1. The highest BCUT2D eigenvalue weighted by molar-refractivity contribution is 5.73. The topological polar surface area (TPSA) is 58.6 Å². The summed E-state index contributed by atoms with van der Waals surface area (Å²) in [5.74, 6) is -0.698. The quantitative estimate of drug-likeness (QED) is 0.575. The first-order chi connectivity index (χ1) is 7.09. The first-order valence-electron chi connectivity index (χ1n) is 5.63. The van der Waals surface area contributed by atoms with Crippen molar-refractivity contribution in [1.29, 1.82) is 0 Å². The Labute approximate surface area is 92.0 Å². The fourth-order valence-corrected chi connectivity index (χ4v) is 1.24. The van der Waals surface area contributed by atoms with Gasteiger partial charge in [0.25, 0.3) is 0 Å². The molecule has 1 unspecified atom stereocenters. The Balaban J connectivity index is 3.50. The van der Waals surface area contributed by atoms with E-state index < -0.39 is 12.0 Å². The molecule has 90 valence electrons. The van der Waals surface area contributed by atoms with Crippen LogP contribution >= 0.6 is 0 Å². The van der Waals surface area contributed by atoms with Crippen molar-refractivity contribution in [3.05, 3.63) is 0 Å². The second-order valence-electron chi connectivity index (χ2n) is 3.98. The zero-order valence-corrected chi connectivity index (χ0v) is 9.95. The molecular formula is C11H23NO3. The molecule has 0 radical (unpaired) electrons. The summed E-state index contributed by atoms with van der Waals surface area (Å²) in [6, 6.07) is -0.472. The van der Waals surface area contributed by atoms with Crippen LogP contribution in [0.15, 0.2) is 0 Å². The van der Waals surface area contributed by atoms with E-state index in [2.05, 4.69) is 12.2 Å². The Morgan fingerprint density at radius 2 is 2.07 bits per heavy atom. The Kier molecular flexibility index (Phi) is 8.33.